The van der Waals surface area contributed by atoms with Gasteiger partial charge in [0.05, 0.1) is 17.5 Å². The molecular weight excluding hydrogens is 415 g/mol. The van der Waals surface area contributed by atoms with Crippen LogP contribution in [0.2, 0.25) is 0 Å². The lowest BCUT2D eigenvalue weighted by Gasteiger charge is -2.23. The first kappa shape index (κ1) is 22.7. The predicted octanol–water partition coefficient (Wildman–Crippen LogP) is 3.94. The van der Waals surface area contributed by atoms with Gasteiger partial charge in [0.15, 0.2) is 0 Å². The van der Waals surface area contributed by atoms with Crippen molar-refractivity contribution >= 4 is 15.9 Å². The molecule has 0 spiro atoms. The minimum absolute atomic E-state index is 0.141. The molecule has 1 amide bonds. The van der Waals surface area contributed by atoms with E-state index in [0.717, 1.165) is 11.1 Å². The van der Waals surface area contributed by atoms with Gasteiger partial charge >= 0.3 is 0 Å². The summed E-state index contributed by atoms with van der Waals surface area (Å²) in [6.45, 7) is 1.63. The molecule has 0 unspecified atom stereocenters. The second-order valence-electron chi connectivity index (χ2n) is 7.23. The lowest BCUT2D eigenvalue weighted by atomic mass is 10.1. The van der Waals surface area contributed by atoms with Crippen molar-refractivity contribution in [3.63, 3.8) is 0 Å². The van der Waals surface area contributed by atoms with Gasteiger partial charge in [0.1, 0.15) is 5.82 Å². The van der Waals surface area contributed by atoms with E-state index in [9.17, 15) is 17.6 Å². The molecule has 0 radical (unpaired) electrons. The average Bonchev–Trinajstić information content (AvgIpc) is 2.78. The number of amides is 1. The number of carbonyl (C=O) groups is 1. The van der Waals surface area contributed by atoms with E-state index in [1.807, 2.05) is 30.3 Å². The van der Waals surface area contributed by atoms with Crippen LogP contribution in [0.15, 0.2) is 89.8 Å². The van der Waals surface area contributed by atoms with E-state index in [-0.39, 0.29) is 29.8 Å². The third-order valence-electron chi connectivity index (χ3n) is 4.94. The minimum atomic E-state index is -3.85. The fourth-order valence-electron chi connectivity index (χ4n) is 3.21. The standard InChI is InChI=1S/C24H25FN2O3S/c1-19(21-12-14-22(25)15-13-21)26-24(28)18-27(17-16-20-8-4-2-5-9-20)31(29,30)23-10-6-3-7-11-23/h2-15,19H,16-18H2,1H3,(H,26,28)/t19-/m0/s1. The molecule has 0 aliphatic rings. The van der Waals surface area contributed by atoms with E-state index in [0.29, 0.717) is 6.42 Å². The van der Waals surface area contributed by atoms with Gasteiger partial charge in [-0.15, -0.1) is 0 Å². The Labute approximate surface area is 182 Å². The Morgan fingerprint density at radius 1 is 0.935 bits per heavy atom. The third-order valence-corrected chi connectivity index (χ3v) is 6.80. The highest BCUT2D eigenvalue weighted by Gasteiger charge is 2.26. The summed E-state index contributed by atoms with van der Waals surface area (Å²) in [6.07, 6.45) is 0.480. The fourth-order valence-corrected chi connectivity index (χ4v) is 4.62. The molecular formula is C24H25FN2O3S. The first-order chi connectivity index (χ1) is 14.9. The topological polar surface area (TPSA) is 66.5 Å². The van der Waals surface area contributed by atoms with E-state index in [1.54, 1.807) is 37.3 Å². The highest BCUT2D eigenvalue weighted by atomic mass is 32.2. The van der Waals surface area contributed by atoms with Crippen molar-refractivity contribution in [1.29, 1.82) is 0 Å². The molecule has 0 aliphatic heterocycles. The van der Waals surface area contributed by atoms with Crippen LogP contribution in [0, 0.1) is 5.82 Å². The first-order valence-corrected chi connectivity index (χ1v) is 11.4. The number of nitrogens with one attached hydrogen (secondary N) is 1. The summed E-state index contributed by atoms with van der Waals surface area (Å²) >= 11 is 0. The maximum atomic E-state index is 13.2. The maximum Gasteiger partial charge on any atom is 0.243 e. The summed E-state index contributed by atoms with van der Waals surface area (Å²) in [5, 5.41) is 2.80. The molecule has 7 heteroatoms. The van der Waals surface area contributed by atoms with Gasteiger partial charge < -0.3 is 5.32 Å². The number of hydrogen-bond acceptors (Lipinski definition) is 3. The zero-order valence-corrected chi connectivity index (χ0v) is 18.1. The molecule has 162 valence electrons. The summed E-state index contributed by atoms with van der Waals surface area (Å²) in [5.41, 5.74) is 1.72. The molecule has 0 saturated carbocycles. The second-order valence-corrected chi connectivity index (χ2v) is 9.17. The summed E-state index contributed by atoms with van der Waals surface area (Å²) in [5.74, 6) is -0.785. The number of sulfonamides is 1. The monoisotopic (exact) mass is 440 g/mol. The smallest absolute Gasteiger partial charge is 0.243 e. The van der Waals surface area contributed by atoms with Gasteiger partial charge in [-0.2, -0.15) is 4.31 Å². The van der Waals surface area contributed by atoms with Crippen LogP contribution in [0.5, 0.6) is 0 Å². The van der Waals surface area contributed by atoms with Gasteiger partial charge in [-0.05, 0) is 48.7 Å². The Balaban J connectivity index is 1.75. The first-order valence-electron chi connectivity index (χ1n) is 10.0. The molecule has 31 heavy (non-hydrogen) atoms. The van der Waals surface area contributed by atoms with E-state index < -0.39 is 15.9 Å². The molecule has 3 rings (SSSR count). The van der Waals surface area contributed by atoms with Gasteiger partial charge in [-0.25, -0.2) is 12.8 Å². The summed E-state index contributed by atoms with van der Waals surface area (Å²) in [6, 6.07) is 23.0. The number of halogens is 1. The van der Waals surface area contributed by atoms with Crippen LogP contribution in [-0.2, 0) is 21.2 Å². The van der Waals surface area contributed by atoms with E-state index in [2.05, 4.69) is 5.32 Å². The van der Waals surface area contributed by atoms with Crippen molar-refractivity contribution < 1.29 is 17.6 Å². The molecule has 1 atom stereocenters. The number of carbonyl (C=O) groups excluding carboxylic acids is 1. The molecule has 0 heterocycles. The Bertz CT molecular complexity index is 1090. The minimum Gasteiger partial charge on any atom is -0.348 e. The largest absolute Gasteiger partial charge is 0.348 e. The number of nitrogens with zero attached hydrogens (tertiary/aromatic N) is 1. The lowest BCUT2D eigenvalue weighted by molar-refractivity contribution is -0.121. The third kappa shape index (κ3) is 6.23. The van der Waals surface area contributed by atoms with E-state index in [4.69, 9.17) is 0 Å². The van der Waals surface area contributed by atoms with Crippen LogP contribution in [-0.4, -0.2) is 31.7 Å². The number of rotatable bonds is 9. The fraction of sp³-hybridized carbons (Fsp3) is 0.208. The van der Waals surface area contributed by atoms with Crippen LogP contribution < -0.4 is 5.32 Å². The Morgan fingerprint density at radius 3 is 2.13 bits per heavy atom. The number of benzene rings is 3. The van der Waals surface area contributed by atoms with Crippen LogP contribution in [0.4, 0.5) is 4.39 Å². The van der Waals surface area contributed by atoms with Gasteiger partial charge in [-0.1, -0.05) is 60.7 Å². The predicted molar refractivity (Wildman–Crippen MR) is 118 cm³/mol. The van der Waals surface area contributed by atoms with Gasteiger partial charge in [0.25, 0.3) is 0 Å². The molecule has 0 saturated heterocycles. The summed E-state index contributed by atoms with van der Waals surface area (Å²) < 4.78 is 40.7. The zero-order valence-electron chi connectivity index (χ0n) is 17.2. The molecule has 0 aromatic heterocycles. The van der Waals surface area contributed by atoms with Crippen LogP contribution in [0.3, 0.4) is 0 Å². The van der Waals surface area contributed by atoms with Gasteiger partial charge in [-0.3, -0.25) is 4.79 Å². The Kier molecular flexibility index (Phi) is 7.55. The van der Waals surface area contributed by atoms with Crippen molar-refractivity contribution in [3.05, 3.63) is 102 Å². The molecule has 3 aromatic carbocycles. The van der Waals surface area contributed by atoms with Gasteiger partial charge in [0, 0.05) is 6.54 Å². The van der Waals surface area contributed by atoms with Crippen molar-refractivity contribution in [3.8, 4) is 0 Å². The maximum absolute atomic E-state index is 13.2. The highest BCUT2D eigenvalue weighted by Crippen LogP contribution is 2.17. The average molecular weight is 441 g/mol. The molecule has 0 fully saturated rings. The Hall–Kier alpha value is -3.03. The van der Waals surface area contributed by atoms with E-state index in [1.165, 1.54) is 28.6 Å². The quantitative estimate of drug-likeness (QED) is 0.548. The van der Waals surface area contributed by atoms with Crippen LogP contribution >= 0.6 is 0 Å². The Morgan fingerprint density at radius 2 is 1.52 bits per heavy atom. The number of hydrogen-bond donors (Lipinski definition) is 1. The highest BCUT2D eigenvalue weighted by molar-refractivity contribution is 7.89. The van der Waals surface area contributed by atoms with E-state index >= 15 is 0 Å². The molecule has 0 bridgehead atoms. The molecule has 5 nitrogen and oxygen atoms in total. The van der Waals surface area contributed by atoms with Crippen LogP contribution in [0.25, 0.3) is 0 Å². The van der Waals surface area contributed by atoms with Crippen molar-refractivity contribution in [2.45, 2.75) is 24.3 Å². The zero-order chi connectivity index (χ0) is 22.3. The summed E-state index contributed by atoms with van der Waals surface area (Å²) in [4.78, 5) is 12.8. The van der Waals surface area contributed by atoms with Crippen molar-refractivity contribution in [1.82, 2.24) is 9.62 Å². The van der Waals surface area contributed by atoms with Crippen molar-refractivity contribution in [2.75, 3.05) is 13.1 Å². The lowest BCUT2D eigenvalue weighted by Crippen LogP contribution is -2.42. The SMILES string of the molecule is C[C@H](NC(=O)CN(CCc1ccccc1)S(=O)(=O)c1ccccc1)c1ccc(F)cc1. The molecule has 0 aliphatic carbocycles. The van der Waals surface area contributed by atoms with Crippen LogP contribution in [0.1, 0.15) is 24.1 Å². The molecule has 3 aromatic rings. The second kappa shape index (κ2) is 10.3. The normalized spacial score (nSPS) is 12.5. The van der Waals surface area contributed by atoms with Crippen molar-refractivity contribution in [2.24, 2.45) is 0 Å². The molecule has 1 N–H and O–H groups in total. The van der Waals surface area contributed by atoms with Gasteiger partial charge in [0.2, 0.25) is 15.9 Å². The summed E-state index contributed by atoms with van der Waals surface area (Å²) in [7, 11) is -3.85.